The van der Waals surface area contributed by atoms with Crippen LogP contribution in [0.5, 0.6) is 0 Å². The van der Waals surface area contributed by atoms with Gasteiger partial charge in [-0.15, -0.1) is 0 Å². The molecule has 0 spiro atoms. The maximum Gasteiger partial charge on any atom is 0.252 e. The number of carbonyl (C=O) groups excluding carboxylic acids is 1. The summed E-state index contributed by atoms with van der Waals surface area (Å²) in [5.41, 5.74) is 5.42. The number of aromatic nitrogens is 2. The number of aliphatic hydroxyl groups excluding tert-OH is 1. The van der Waals surface area contributed by atoms with E-state index in [0.29, 0.717) is 13.0 Å². The third-order valence-electron chi connectivity index (χ3n) is 8.18. The molecule has 1 aliphatic heterocycles. The fourth-order valence-corrected chi connectivity index (χ4v) is 6.75. The highest BCUT2D eigenvalue weighted by Gasteiger charge is 2.41. The number of carbonyl (C=O) groups is 1. The molecular weight excluding hydrogens is 464 g/mol. The highest BCUT2D eigenvalue weighted by Crippen LogP contribution is 2.46. The molecule has 2 aromatic heterocycles. The Bertz CT molecular complexity index is 1680. The summed E-state index contributed by atoms with van der Waals surface area (Å²) in [7, 11) is 3.66. The first-order valence-corrected chi connectivity index (χ1v) is 12.9. The van der Waals surface area contributed by atoms with E-state index in [4.69, 9.17) is 4.74 Å². The normalized spacial score (nSPS) is 16.5. The van der Waals surface area contributed by atoms with Gasteiger partial charge in [-0.3, -0.25) is 4.79 Å². The van der Waals surface area contributed by atoms with E-state index < -0.39 is 11.6 Å². The average Bonchev–Trinajstić information content (AvgIpc) is 3.54. The quantitative estimate of drug-likeness (QED) is 0.260. The summed E-state index contributed by atoms with van der Waals surface area (Å²) in [5, 5.41) is 21.0. The van der Waals surface area contributed by atoms with E-state index in [2.05, 4.69) is 70.4 Å². The average molecular weight is 499 g/mol. The van der Waals surface area contributed by atoms with E-state index in [1.54, 1.807) is 7.11 Å². The summed E-state index contributed by atoms with van der Waals surface area (Å²) < 4.78 is 8.59. The van der Waals surface area contributed by atoms with Crippen LogP contribution in [0.3, 0.4) is 0 Å². The van der Waals surface area contributed by atoms with Crippen LogP contribution in [0.4, 0.5) is 0 Å². The summed E-state index contributed by atoms with van der Waals surface area (Å²) in [6, 6.07) is 16.5. The fraction of sp³-hybridized carbons (Fsp3) is 0.367. The number of nitrogens with one attached hydrogen (secondary N) is 3. The molecule has 37 heavy (non-hydrogen) atoms. The lowest BCUT2D eigenvalue weighted by Gasteiger charge is -2.41. The van der Waals surface area contributed by atoms with Crippen LogP contribution in [0.25, 0.3) is 43.6 Å². The Morgan fingerprint density at radius 2 is 1.81 bits per heavy atom. The van der Waals surface area contributed by atoms with E-state index >= 15 is 0 Å². The number of aliphatic hydroxyl groups is 1. The van der Waals surface area contributed by atoms with Gasteiger partial charge in [-0.2, -0.15) is 0 Å². The molecule has 0 fully saturated rings. The summed E-state index contributed by atoms with van der Waals surface area (Å²) in [4.78, 5) is 16.9. The Labute approximate surface area is 215 Å². The number of amides is 1. The number of methoxy groups -OCH3 is 1. The molecule has 3 atom stereocenters. The van der Waals surface area contributed by atoms with Crippen LogP contribution in [0.15, 0.2) is 48.5 Å². The second-order valence-corrected chi connectivity index (χ2v) is 10.8. The first-order chi connectivity index (χ1) is 17.8. The van der Waals surface area contributed by atoms with Crippen molar-refractivity contribution in [1.82, 2.24) is 20.2 Å². The molecule has 4 N–H and O–H groups in total. The smallest absolute Gasteiger partial charge is 0.252 e. The van der Waals surface area contributed by atoms with Crippen LogP contribution in [-0.4, -0.2) is 53.0 Å². The van der Waals surface area contributed by atoms with Crippen LogP contribution >= 0.6 is 0 Å². The molecule has 0 radical (unpaired) electrons. The summed E-state index contributed by atoms with van der Waals surface area (Å²) >= 11 is 0. The van der Waals surface area contributed by atoms with Crippen LogP contribution in [0.2, 0.25) is 0 Å². The van der Waals surface area contributed by atoms with Crippen LogP contribution in [-0.2, 0) is 16.8 Å². The Morgan fingerprint density at radius 3 is 2.51 bits per heavy atom. The number of hydrogen-bond donors (Lipinski definition) is 4. The second-order valence-electron chi connectivity index (χ2n) is 10.8. The maximum atomic E-state index is 13.2. The minimum Gasteiger partial charge on any atom is -0.393 e. The minimum atomic E-state index is -0.521. The van der Waals surface area contributed by atoms with E-state index in [1.807, 2.05) is 26.1 Å². The van der Waals surface area contributed by atoms with Gasteiger partial charge in [0.1, 0.15) is 0 Å². The van der Waals surface area contributed by atoms with E-state index in [0.717, 1.165) is 54.7 Å². The number of H-pyrrole nitrogens is 1. The van der Waals surface area contributed by atoms with Gasteiger partial charge in [0.05, 0.1) is 34.3 Å². The standard InChI is InChI=1S/C30H34N4O3/c1-16(35)14-21(31-4)28(37-5)30(2,3)34-22-13-9-7-11-18(22)23-19-15-32-29(36)25(19)24-17-10-6-8-12-20(17)33-26(24)27(23)34/h6-13,16,21,28,31,33,35H,14-15H2,1-5H3,(H,32,36)/t16-,21-,28-/m0/s1. The molecule has 0 saturated carbocycles. The lowest BCUT2D eigenvalue weighted by Crippen LogP contribution is -2.53. The Balaban J connectivity index is 1.79. The molecule has 5 aromatic rings. The van der Waals surface area contributed by atoms with Crippen molar-refractivity contribution in [1.29, 1.82) is 0 Å². The molecule has 7 nitrogen and oxygen atoms in total. The highest BCUT2D eigenvalue weighted by atomic mass is 16.5. The van der Waals surface area contributed by atoms with Crippen LogP contribution in [0, 0.1) is 0 Å². The number of likely N-dealkylation sites (N-methyl/N-ethyl adjacent to an activating group) is 1. The highest BCUT2D eigenvalue weighted by molar-refractivity contribution is 6.30. The van der Waals surface area contributed by atoms with Gasteiger partial charge in [0.15, 0.2) is 0 Å². The second kappa shape index (κ2) is 8.58. The van der Waals surface area contributed by atoms with Crippen molar-refractivity contribution >= 4 is 49.5 Å². The Kier molecular flexibility index (Phi) is 5.56. The van der Waals surface area contributed by atoms with E-state index in [-0.39, 0.29) is 18.1 Å². The Hall–Kier alpha value is -3.39. The van der Waals surface area contributed by atoms with Crippen molar-refractivity contribution in [3.05, 3.63) is 59.7 Å². The molecule has 3 heterocycles. The number of ether oxygens (including phenoxy) is 1. The van der Waals surface area contributed by atoms with E-state index in [9.17, 15) is 9.90 Å². The third kappa shape index (κ3) is 3.34. The van der Waals surface area contributed by atoms with Crippen molar-refractivity contribution < 1.29 is 14.6 Å². The van der Waals surface area contributed by atoms with Gasteiger partial charge >= 0.3 is 0 Å². The molecule has 0 saturated heterocycles. The topological polar surface area (TPSA) is 91.3 Å². The predicted molar refractivity (Wildman–Crippen MR) is 149 cm³/mol. The summed E-state index contributed by atoms with van der Waals surface area (Å²) in [5.74, 6) is -0.0234. The van der Waals surface area contributed by atoms with Gasteiger partial charge in [0.2, 0.25) is 0 Å². The van der Waals surface area contributed by atoms with Crippen molar-refractivity contribution in [2.75, 3.05) is 14.2 Å². The zero-order valence-electron chi connectivity index (χ0n) is 22.0. The minimum absolute atomic E-state index is 0.0234. The van der Waals surface area contributed by atoms with Crippen molar-refractivity contribution in [3.63, 3.8) is 0 Å². The number of para-hydroxylation sites is 2. The van der Waals surface area contributed by atoms with Gasteiger partial charge in [0.25, 0.3) is 5.91 Å². The van der Waals surface area contributed by atoms with E-state index in [1.165, 1.54) is 0 Å². The van der Waals surface area contributed by atoms with Gasteiger partial charge < -0.3 is 30.0 Å². The van der Waals surface area contributed by atoms with Gasteiger partial charge in [-0.05, 0) is 51.9 Å². The molecule has 3 aromatic carbocycles. The maximum absolute atomic E-state index is 13.2. The molecule has 0 aliphatic carbocycles. The van der Waals surface area contributed by atoms with Crippen molar-refractivity contribution in [2.45, 2.75) is 57.5 Å². The number of fused-ring (bicyclic) bond motifs is 10. The van der Waals surface area contributed by atoms with Gasteiger partial charge in [0, 0.05) is 52.3 Å². The number of nitrogens with zero attached hydrogens (tertiary/aromatic N) is 1. The van der Waals surface area contributed by atoms with Crippen molar-refractivity contribution in [3.8, 4) is 0 Å². The number of hydrogen-bond acceptors (Lipinski definition) is 4. The molecule has 7 heteroatoms. The molecule has 0 bridgehead atoms. The van der Waals surface area contributed by atoms with Crippen LogP contribution < -0.4 is 10.6 Å². The number of rotatable bonds is 7. The zero-order chi connectivity index (χ0) is 26.1. The molecule has 0 unspecified atom stereocenters. The zero-order valence-corrected chi connectivity index (χ0v) is 22.0. The monoisotopic (exact) mass is 498 g/mol. The Morgan fingerprint density at radius 1 is 1.11 bits per heavy atom. The third-order valence-corrected chi connectivity index (χ3v) is 8.18. The predicted octanol–water partition coefficient (Wildman–Crippen LogP) is 4.78. The summed E-state index contributed by atoms with van der Waals surface area (Å²) in [6.45, 7) is 6.71. The largest absolute Gasteiger partial charge is 0.393 e. The van der Waals surface area contributed by atoms with Gasteiger partial charge in [-0.25, -0.2) is 0 Å². The van der Waals surface area contributed by atoms with Crippen LogP contribution in [0.1, 0.15) is 43.1 Å². The first-order valence-electron chi connectivity index (χ1n) is 12.9. The van der Waals surface area contributed by atoms with Gasteiger partial charge in [-0.1, -0.05) is 36.4 Å². The molecular formula is C30H34N4O3. The van der Waals surface area contributed by atoms with Crippen molar-refractivity contribution in [2.24, 2.45) is 0 Å². The SMILES string of the molecule is CN[C@@H](C[C@H](C)O)[C@H](OC)C(C)(C)n1c2ccccc2c2c3c(c4c5ccccc5[nH]c4c21)C(=O)NC3. The lowest BCUT2D eigenvalue weighted by molar-refractivity contribution is -0.0189. The first kappa shape index (κ1) is 24.0. The summed E-state index contributed by atoms with van der Waals surface area (Å²) in [6.07, 6.45) is -0.158. The molecule has 192 valence electrons. The molecule has 1 amide bonds. The lowest BCUT2D eigenvalue weighted by atomic mass is 9.87. The molecule has 1 aliphatic rings. The number of benzene rings is 3. The molecule has 6 rings (SSSR count). The number of aromatic amines is 1. The fourth-order valence-electron chi connectivity index (χ4n) is 6.75.